The molecular formula is C15H15BrN2O4. The number of nitrogens with zero attached hydrogens (tertiary/aromatic N) is 1. The van der Waals surface area contributed by atoms with E-state index in [-0.39, 0.29) is 12.4 Å². The Labute approximate surface area is 136 Å². The molecule has 0 bridgehead atoms. The molecule has 2 rings (SSSR count). The van der Waals surface area contributed by atoms with E-state index in [1.54, 1.807) is 19.2 Å². The first-order valence-electron chi connectivity index (χ1n) is 6.63. The number of nitriles is 1. The van der Waals surface area contributed by atoms with Crippen LogP contribution >= 0.6 is 15.9 Å². The number of fused-ring (bicyclic) bond motifs is 1. The van der Waals surface area contributed by atoms with Crippen molar-refractivity contribution in [3.05, 3.63) is 27.7 Å². The fraction of sp³-hybridized carbons (Fsp3) is 0.333. The average molecular weight is 367 g/mol. The lowest BCUT2D eigenvalue weighted by Gasteiger charge is -2.05. The maximum absolute atomic E-state index is 12.0. The summed E-state index contributed by atoms with van der Waals surface area (Å²) in [5.74, 6) is 0.797. The first kappa shape index (κ1) is 16.3. The summed E-state index contributed by atoms with van der Waals surface area (Å²) in [6, 6.07) is 5.40. The number of halogens is 1. The van der Waals surface area contributed by atoms with Gasteiger partial charge in [0, 0.05) is 20.3 Å². The summed E-state index contributed by atoms with van der Waals surface area (Å²) in [5.41, 5.74) is 0.711. The molecule has 1 heterocycles. The standard InChI is InChI=1S/C15H15BrN2O4/c1-20-4-2-3-18-15(19)11(8-17)5-10-6-12(16)14-13(7-10)21-9-22-14/h5-7H,2-4,9H2,1H3,(H,18,19)/b11-5+. The minimum Gasteiger partial charge on any atom is -0.454 e. The van der Waals surface area contributed by atoms with E-state index in [4.69, 9.17) is 19.5 Å². The molecule has 1 aliphatic heterocycles. The van der Waals surface area contributed by atoms with Gasteiger partial charge in [-0.15, -0.1) is 0 Å². The maximum Gasteiger partial charge on any atom is 0.261 e. The lowest BCUT2D eigenvalue weighted by molar-refractivity contribution is -0.117. The second-order valence-corrected chi connectivity index (χ2v) is 5.36. The van der Waals surface area contributed by atoms with Gasteiger partial charge in [-0.1, -0.05) is 0 Å². The Kier molecular flexibility index (Phi) is 5.81. The van der Waals surface area contributed by atoms with Crippen LogP contribution in [0.15, 0.2) is 22.2 Å². The Morgan fingerprint density at radius 2 is 2.36 bits per heavy atom. The lowest BCUT2D eigenvalue weighted by atomic mass is 10.1. The number of methoxy groups -OCH3 is 1. The second kappa shape index (κ2) is 7.82. The number of hydrogen-bond donors (Lipinski definition) is 1. The van der Waals surface area contributed by atoms with Crippen LogP contribution in [0, 0.1) is 11.3 Å². The monoisotopic (exact) mass is 366 g/mol. The molecule has 0 saturated heterocycles. The molecular weight excluding hydrogens is 352 g/mol. The average Bonchev–Trinajstić information content (AvgIpc) is 2.98. The van der Waals surface area contributed by atoms with Gasteiger partial charge in [0.25, 0.3) is 5.91 Å². The summed E-state index contributed by atoms with van der Waals surface area (Å²) in [4.78, 5) is 12.0. The number of hydrogen-bond acceptors (Lipinski definition) is 5. The normalized spacial score (nSPS) is 12.9. The highest BCUT2D eigenvalue weighted by atomic mass is 79.9. The third kappa shape index (κ3) is 4.00. The molecule has 22 heavy (non-hydrogen) atoms. The third-order valence-electron chi connectivity index (χ3n) is 2.94. The van der Waals surface area contributed by atoms with Gasteiger partial charge in [0.05, 0.1) is 4.47 Å². The van der Waals surface area contributed by atoms with E-state index < -0.39 is 5.91 Å². The molecule has 0 radical (unpaired) electrons. The number of carbonyl (C=O) groups excluding carboxylic acids is 1. The van der Waals surface area contributed by atoms with Crippen molar-refractivity contribution in [3.8, 4) is 17.6 Å². The molecule has 0 fully saturated rings. The van der Waals surface area contributed by atoms with Crippen LogP contribution in [0.25, 0.3) is 6.08 Å². The van der Waals surface area contributed by atoms with Crippen LogP contribution in [0.5, 0.6) is 11.5 Å². The quantitative estimate of drug-likeness (QED) is 0.474. The van der Waals surface area contributed by atoms with Crippen molar-refractivity contribution in [1.82, 2.24) is 5.32 Å². The zero-order chi connectivity index (χ0) is 15.9. The van der Waals surface area contributed by atoms with Crippen molar-refractivity contribution in [1.29, 1.82) is 5.26 Å². The number of carbonyl (C=O) groups is 1. The van der Waals surface area contributed by atoms with Crippen LogP contribution in [-0.4, -0.2) is 33.0 Å². The molecule has 1 aliphatic rings. The van der Waals surface area contributed by atoms with E-state index in [1.165, 1.54) is 6.08 Å². The molecule has 0 spiro atoms. The molecule has 0 unspecified atom stereocenters. The number of nitrogens with one attached hydrogen (secondary N) is 1. The van der Waals surface area contributed by atoms with Crippen LogP contribution in [-0.2, 0) is 9.53 Å². The summed E-state index contributed by atoms with van der Waals surface area (Å²) < 4.78 is 16.2. The van der Waals surface area contributed by atoms with Gasteiger partial charge >= 0.3 is 0 Å². The Morgan fingerprint density at radius 1 is 1.55 bits per heavy atom. The topological polar surface area (TPSA) is 80.6 Å². The first-order valence-corrected chi connectivity index (χ1v) is 7.43. The van der Waals surface area contributed by atoms with Crippen molar-refractivity contribution < 1.29 is 19.0 Å². The fourth-order valence-electron chi connectivity index (χ4n) is 1.90. The Hall–Kier alpha value is -2.04. The summed E-state index contributed by atoms with van der Waals surface area (Å²) in [5, 5.41) is 11.8. The molecule has 0 saturated carbocycles. The van der Waals surface area contributed by atoms with Gasteiger partial charge in [0.1, 0.15) is 11.6 Å². The van der Waals surface area contributed by atoms with Gasteiger partial charge in [-0.2, -0.15) is 5.26 Å². The zero-order valence-electron chi connectivity index (χ0n) is 12.0. The van der Waals surface area contributed by atoms with Crippen LogP contribution in [0.4, 0.5) is 0 Å². The third-order valence-corrected chi connectivity index (χ3v) is 3.53. The van der Waals surface area contributed by atoms with E-state index >= 15 is 0 Å². The Morgan fingerprint density at radius 3 is 3.09 bits per heavy atom. The largest absolute Gasteiger partial charge is 0.454 e. The first-order chi connectivity index (χ1) is 10.7. The lowest BCUT2D eigenvalue weighted by Crippen LogP contribution is -2.26. The summed E-state index contributed by atoms with van der Waals surface area (Å²) in [6.45, 7) is 1.17. The second-order valence-electron chi connectivity index (χ2n) is 4.51. The van der Waals surface area contributed by atoms with Crippen molar-refractivity contribution in [2.45, 2.75) is 6.42 Å². The number of ether oxygens (including phenoxy) is 3. The van der Waals surface area contributed by atoms with Crippen LogP contribution in [0.1, 0.15) is 12.0 Å². The summed E-state index contributed by atoms with van der Waals surface area (Å²) in [6.07, 6.45) is 2.20. The highest BCUT2D eigenvalue weighted by molar-refractivity contribution is 9.10. The molecule has 1 amide bonds. The molecule has 1 aromatic carbocycles. The molecule has 0 aromatic heterocycles. The van der Waals surface area contributed by atoms with Crippen LogP contribution < -0.4 is 14.8 Å². The molecule has 0 atom stereocenters. The van der Waals surface area contributed by atoms with Gasteiger partial charge in [-0.3, -0.25) is 4.79 Å². The molecule has 116 valence electrons. The Balaban J connectivity index is 2.10. The van der Waals surface area contributed by atoms with Crippen molar-refractivity contribution in [2.75, 3.05) is 27.1 Å². The van der Waals surface area contributed by atoms with Crippen molar-refractivity contribution >= 4 is 27.9 Å². The number of amides is 1. The molecule has 6 nitrogen and oxygen atoms in total. The van der Waals surface area contributed by atoms with Gasteiger partial charge in [0.2, 0.25) is 6.79 Å². The molecule has 0 aliphatic carbocycles. The van der Waals surface area contributed by atoms with Crippen molar-refractivity contribution in [2.24, 2.45) is 0 Å². The van der Waals surface area contributed by atoms with E-state index in [2.05, 4.69) is 21.2 Å². The van der Waals surface area contributed by atoms with Crippen LogP contribution in [0.2, 0.25) is 0 Å². The predicted molar refractivity (Wildman–Crippen MR) is 83.4 cm³/mol. The van der Waals surface area contributed by atoms with E-state index in [1.807, 2.05) is 6.07 Å². The highest BCUT2D eigenvalue weighted by Crippen LogP contribution is 2.40. The summed E-state index contributed by atoms with van der Waals surface area (Å²) in [7, 11) is 1.60. The smallest absolute Gasteiger partial charge is 0.261 e. The highest BCUT2D eigenvalue weighted by Gasteiger charge is 2.18. The number of rotatable bonds is 6. The summed E-state index contributed by atoms with van der Waals surface area (Å²) >= 11 is 3.37. The Bertz CT molecular complexity index is 637. The maximum atomic E-state index is 12.0. The van der Waals surface area contributed by atoms with E-state index in [0.29, 0.717) is 41.1 Å². The minimum atomic E-state index is -0.410. The molecule has 7 heteroatoms. The zero-order valence-corrected chi connectivity index (χ0v) is 13.6. The molecule has 1 N–H and O–H groups in total. The van der Waals surface area contributed by atoms with Gasteiger partial charge in [-0.05, 0) is 46.1 Å². The van der Waals surface area contributed by atoms with Gasteiger partial charge in [-0.25, -0.2) is 0 Å². The van der Waals surface area contributed by atoms with Crippen LogP contribution in [0.3, 0.4) is 0 Å². The van der Waals surface area contributed by atoms with Gasteiger partial charge in [0.15, 0.2) is 11.5 Å². The van der Waals surface area contributed by atoms with E-state index in [0.717, 1.165) is 0 Å². The van der Waals surface area contributed by atoms with Crippen molar-refractivity contribution in [3.63, 3.8) is 0 Å². The number of benzene rings is 1. The SMILES string of the molecule is COCCCNC(=O)/C(C#N)=C/c1cc(Br)c2c(c1)OCO2. The van der Waals surface area contributed by atoms with E-state index in [9.17, 15) is 4.79 Å². The fourth-order valence-corrected chi connectivity index (χ4v) is 2.47. The predicted octanol–water partition coefficient (Wildman–Crippen LogP) is 2.24. The van der Waals surface area contributed by atoms with Gasteiger partial charge < -0.3 is 19.5 Å². The molecule has 1 aromatic rings. The minimum absolute atomic E-state index is 0.0307.